The smallest absolute Gasteiger partial charge is 0.303 e. The maximum atomic E-state index is 14.3. The molecule has 0 bridgehead atoms. The highest BCUT2D eigenvalue weighted by atomic mass is 16.8. The molecular weight excluding hydrogens is 831 g/mol. The van der Waals surface area contributed by atoms with Crippen LogP contribution in [0.25, 0.3) is 0 Å². The molecule has 2 saturated heterocycles. The molecule has 4 aromatic carbocycles. The van der Waals surface area contributed by atoms with Gasteiger partial charge >= 0.3 is 17.9 Å². The summed E-state index contributed by atoms with van der Waals surface area (Å²) in [6.07, 6.45) is -11.5. The van der Waals surface area contributed by atoms with Crippen molar-refractivity contribution in [2.45, 2.75) is 102 Å². The third kappa shape index (κ3) is 11.1. The van der Waals surface area contributed by atoms with Gasteiger partial charge < -0.3 is 47.4 Å². The van der Waals surface area contributed by atoms with Crippen LogP contribution < -0.4 is 0 Å². The first-order chi connectivity index (χ1) is 31.0. The van der Waals surface area contributed by atoms with Crippen LogP contribution in [-0.4, -0.2) is 116 Å². The first-order valence-corrected chi connectivity index (χ1v) is 20.9. The van der Waals surface area contributed by atoms with Crippen molar-refractivity contribution in [1.29, 1.82) is 0 Å². The topological polar surface area (TPSA) is 181 Å². The highest BCUT2D eigenvalue weighted by Crippen LogP contribution is 2.39. The van der Waals surface area contributed by atoms with E-state index in [4.69, 9.17) is 47.4 Å². The maximum Gasteiger partial charge on any atom is 0.303 e. The van der Waals surface area contributed by atoms with Gasteiger partial charge in [0.1, 0.15) is 43.2 Å². The number of amides is 2. The van der Waals surface area contributed by atoms with Crippen molar-refractivity contribution in [3.63, 3.8) is 0 Å². The lowest BCUT2D eigenvalue weighted by atomic mass is 9.93. The van der Waals surface area contributed by atoms with E-state index in [0.29, 0.717) is 0 Å². The molecule has 4 aromatic rings. The van der Waals surface area contributed by atoms with E-state index in [1.807, 2.05) is 91.0 Å². The molecule has 3 heterocycles. The second-order valence-corrected chi connectivity index (χ2v) is 15.4. The van der Waals surface area contributed by atoms with Gasteiger partial charge in [-0.15, -0.1) is 0 Å². The Morgan fingerprint density at radius 2 is 1.00 bits per heavy atom. The number of methoxy groups -OCH3 is 1. The van der Waals surface area contributed by atoms with Gasteiger partial charge in [-0.1, -0.05) is 103 Å². The lowest BCUT2D eigenvalue weighted by Gasteiger charge is -2.50. The second kappa shape index (κ2) is 21.7. The van der Waals surface area contributed by atoms with Crippen LogP contribution in [0.3, 0.4) is 0 Å². The standard InChI is InChI=1S/C48H51NO15/c1-29(50)57-28-38-41(60-30(2)51)42(61-31(3)52)39(49-45(53)35-22-14-15-23-36(35)46(49)54)47(62-38)64-44-43(59-26-34-20-12-7-13-21-34)40(58-25-33-18-10-6-11-19-33)37(63-48(44)55-4)27-56-24-32-16-8-5-9-17-32/h5-23,37-44,47-48H,24-28H2,1-4H3/t37-,38-,39-,40-,41-,42-,43+,44-,47+,48+/m1/s1. The van der Waals surface area contributed by atoms with E-state index < -0.39 is 97.7 Å². The van der Waals surface area contributed by atoms with Gasteiger partial charge in [0.2, 0.25) is 0 Å². The summed E-state index contributed by atoms with van der Waals surface area (Å²) in [4.78, 5) is 67.4. The normalized spacial score (nSPS) is 26.5. The van der Waals surface area contributed by atoms with E-state index in [9.17, 15) is 24.0 Å². The van der Waals surface area contributed by atoms with E-state index >= 15 is 0 Å². The molecule has 0 radical (unpaired) electrons. The summed E-state index contributed by atoms with van der Waals surface area (Å²) in [5, 5.41) is 0. The van der Waals surface area contributed by atoms with Gasteiger partial charge in [-0.3, -0.25) is 28.9 Å². The van der Waals surface area contributed by atoms with E-state index in [1.54, 1.807) is 12.1 Å². The number of rotatable bonds is 18. The fourth-order valence-corrected chi connectivity index (χ4v) is 8.04. The molecule has 64 heavy (non-hydrogen) atoms. The molecule has 0 aromatic heterocycles. The summed E-state index contributed by atoms with van der Waals surface area (Å²) in [5.74, 6) is -3.85. The Morgan fingerprint density at radius 3 is 1.52 bits per heavy atom. The predicted octanol–water partition coefficient (Wildman–Crippen LogP) is 4.95. The van der Waals surface area contributed by atoms with Crippen LogP contribution in [0.1, 0.15) is 58.2 Å². The van der Waals surface area contributed by atoms with Gasteiger partial charge in [0.15, 0.2) is 24.8 Å². The summed E-state index contributed by atoms with van der Waals surface area (Å²) in [7, 11) is 1.41. The average Bonchev–Trinajstić information content (AvgIpc) is 3.54. The first kappa shape index (κ1) is 46.2. The monoisotopic (exact) mass is 881 g/mol. The van der Waals surface area contributed by atoms with Gasteiger partial charge in [-0.05, 0) is 28.8 Å². The molecule has 0 spiro atoms. The lowest BCUT2D eigenvalue weighted by molar-refractivity contribution is -0.364. The Labute approximate surface area is 370 Å². The molecular formula is C48H51NO15. The zero-order chi connectivity index (χ0) is 45.2. The summed E-state index contributed by atoms with van der Waals surface area (Å²) in [6.45, 7) is 3.41. The van der Waals surface area contributed by atoms with Crippen LogP contribution in [0, 0.1) is 0 Å². The lowest BCUT2D eigenvalue weighted by Crippen LogP contribution is -2.70. The third-order valence-electron chi connectivity index (χ3n) is 10.9. The van der Waals surface area contributed by atoms with Crippen molar-refractivity contribution in [3.05, 3.63) is 143 Å². The number of fused-ring (bicyclic) bond motifs is 1. The SMILES string of the molecule is CO[C@H]1O[C@H](COCc2ccccc2)[C@@H](OCc2ccccc2)[C@H](OCc2ccccc2)[C@H]1O[C@@H]1O[C@H](COC(C)=O)[C@@H](OC(C)=O)[C@H](OC(C)=O)[C@H]1N1C(=O)c2ccccc2C1=O. The highest BCUT2D eigenvalue weighted by molar-refractivity contribution is 6.21. The third-order valence-corrected chi connectivity index (χ3v) is 10.9. The summed E-state index contributed by atoms with van der Waals surface area (Å²) in [5.41, 5.74) is 2.76. The molecule has 16 nitrogen and oxygen atoms in total. The van der Waals surface area contributed by atoms with Crippen molar-refractivity contribution in [3.8, 4) is 0 Å². The average molecular weight is 882 g/mol. The molecule has 7 rings (SSSR count). The number of hydrogen-bond acceptors (Lipinski definition) is 15. The molecule has 338 valence electrons. The molecule has 3 aliphatic rings. The molecule has 16 heteroatoms. The van der Waals surface area contributed by atoms with Crippen LogP contribution in [0.5, 0.6) is 0 Å². The van der Waals surface area contributed by atoms with E-state index in [-0.39, 0.29) is 37.6 Å². The van der Waals surface area contributed by atoms with Gasteiger partial charge in [-0.25, -0.2) is 0 Å². The molecule has 0 saturated carbocycles. The molecule has 3 aliphatic heterocycles. The molecule has 10 atom stereocenters. The molecule has 2 amide bonds. The minimum absolute atomic E-state index is 0.0345. The predicted molar refractivity (Wildman–Crippen MR) is 224 cm³/mol. The van der Waals surface area contributed by atoms with Crippen LogP contribution >= 0.6 is 0 Å². The maximum absolute atomic E-state index is 14.3. The van der Waals surface area contributed by atoms with Gasteiger partial charge in [-0.2, -0.15) is 0 Å². The zero-order valence-electron chi connectivity index (χ0n) is 35.8. The molecule has 0 aliphatic carbocycles. The highest BCUT2D eigenvalue weighted by Gasteiger charge is 2.59. The Kier molecular flexibility index (Phi) is 15.6. The quantitative estimate of drug-likeness (QED) is 0.0744. The Hall–Kier alpha value is -5.85. The Balaban J connectivity index is 1.31. The first-order valence-electron chi connectivity index (χ1n) is 20.9. The number of carbonyl (C=O) groups excluding carboxylic acids is 5. The molecule has 0 N–H and O–H groups in total. The van der Waals surface area contributed by atoms with Crippen molar-refractivity contribution in [1.82, 2.24) is 4.90 Å². The van der Waals surface area contributed by atoms with Gasteiger partial charge in [0.25, 0.3) is 11.8 Å². The Morgan fingerprint density at radius 1 is 0.531 bits per heavy atom. The Bertz CT molecular complexity index is 2170. The summed E-state index contributed by atoms with van der Waals surface area (Å²) < 4.78 is 62.8. The van der Waals surface area contributed by atoms with Crippen LogP contribution in [-0.2, 0) is 81.6 Å². The van der Waals surface area contributed by atoms with Crippen LogP contribution in [0.4, 0.5) is 0 Å². The number of carbonyl (C=O) groups is 5. The van der Waals surface area contributed by atoms with Crippen molar-refractivity contribution < 1.29 is 71.3 Å². The number of imide groups is 1. The number of ether oxygens (including phenoxy) is 10. The van der Waals surface area contributed by atoms with Crippen LogP contribution in [0.15, 0.2) is 115 Å². The minimum atomic E-state index is -1.70. The van der Waals surface area contributed by atoms with Crippen molar-refractivity contribution in [2.75, 3.05) is 20.3 Å². The number of hydrogen-bond donors (Lipinski definition) is 0. The fourth-order valence-electron chi connectivity index (χ4n) is 8.04. The van der Waals surface area contributed by atoms with E-state index in [0.717, 1.165) is 35.4 Å². The molecule has 2 fully saturated rings. The van der Waals surface area contributed by atoms with Gasteiger partial charge in [0.05, 0.1) is 37.6 Å². The second-order valence-electron chi connectivity index (χ2n) is 15.4. The largest absolute Gasteiger partial charge is 0.463 e. The summed E-state index contributed by atoms with van der Waals surface area (Å²) >= 11 is 0. The van der Waals surface area contributed by atoms with Crippen molar-refractivity contribution >= 4 is 29.7 Å². The number of esters is 3. The van der Waals surface area contributed by atoms with Crippen LogP contribution in [0.2, 0.25) is 0 Å². The molecule has 0 unspecified atom stereocenters. The fraction of sp³-hybridized carbons (Fsp3) is 0.396. The summed E-state index contributed by atoms with van der Waals surface area (Å²) in [6, 6.07) is 33.1. The number of benzene rings is 4. The number of nitrogens with zero attached hydrogens (tertiary/aromatic N) is 1. The minimum Gasteiger partial charge on any atom is -0.463 e. The zero-order valence-corrected chi connectivity index (χ0v) is 35.8. The van der Waals surface area contributed by atoms with E-state index in [2.05, 4.69) is 0 Å². The van der Waals surface area contributed by atoms with E-state index in [1.165, 1.54) is 26.2 Å². The van der Waals surface area contributed by atoms with Gasteiger partial charge in [0, 0.05) is 27.9 Å². The van der Waals surface area contributed by atoms with Crippen molar-refractivity contribution in [2.24, 2.45) is 0 Å².